The van der Waals surface area contributed by atoms with Crippen LogP contribution >= 0.6 is 0 Å². The highest BCUT2D eigenvalue weighted by Gasteiger charge is 2.32. The smallest absolute Gasteiger partial charge is 0.274 e. The van der Waals surface area contributed by atoms with Crippen LogP contribution in [0.4, 0.5) is 8.78 Å². The average molecular weight is 380 g/mol. The fourth-order valence-corrected chi connectivity index (χ4v) is 3.66. The molecule has 7 heteroatoms. The Kier molecular flexibility index (Phi) is 4.81. The molecule has 0 N–H and O–H groups in total. The van der Waals surface area contributed by atoms with Crippen molar-refractivity contribution in [1.29, 1.82) is 0 Å². The number of likely N-dealkylation sites (tertiary alicyclic amines) is 1. The van der Waals surface area contributed by atoms with Crippen molar-refractivity contribution in [3.63, 3.8) is 0 Å². The maximum absolute atomic E-state index is 13.5. The lowest BCUT2D eigenvalue weighted by Crippen LogP contribution is -2.31. The van der Waals surface area contributed by atoms with Crippen LogP contribution in [0.3, 0.4) is 0 Å². The fraction of sp³-hybridized carbons (Fsp3) is 0.238. The number of hydrogen-bond donors (Lipinski definition) is 0. The summed E-state index contributed by atoms with van der Waals surface area (Å²) in [6.45, 7) is 2.55. The first-order valence-corrected chi connectivity index (χ1v) is 9.03. The molecule has 4 rings (SSSR count). The van der Waals surface area contributed by atoms with Crippen molar-refractivity contribution in [3.05, 3.63) is 77.5 Å². The number of halogens is 2. The summed E-state index contributed by atoms with van der Waals surface area (Å²) >= 11 is 0. The van der Waals surface area contributed by atoms with Gasteiger partial charge in [-0.15, -0.1) is 0 Å². The fourth-order valence-electron chi connectivity index (χ4n) is 3.66. The van der Waals surface area contributed by atoms with E-state index in [1.807, 2.05) is 6.92 Å². The van der Waals surface area contributed by atoms with E-state index in [9.17, 15) is 13.6 Å². The van der Waals surface area contributed by atoms with Gasteiger partial charge in [-0.05, 0) is 49.1 Å². The van der Waals surface area contributed by atoms with Crippen LogP contribution in [0, 0.1) is 18.6 Å². The van der Waals surface area contributed by atoms with Crippen LogP contribution in [0.25, 0.3) is 11.3 Å². The number of amides is 1. The topological polar surface area (TPSA) is 59.0 Å². The molecule has 0 saturated carbocycles. The first kappa shape index (κ1) is 18.2. The zero-order chi connectivity index (χ0) is 19.7. The molecule has 0 spiro atoms. The number of carbonyl (C=O) groups excluding carboxylic acids is 1. The molecular weight excluding hydrogens is 362 g/mol. The number of hydrogen-bond acceptors (Lipinski definition) is 4. The van der Waals surface area contributed by atoms with E-state index in [4.69, 9.17) is 0 Å². The molecule has 2 aromatic heterocycles. The van der Waals surface area contributed by atoms with Gasteiger partial charge in [0.25, 0.3) is 5.91 Å². The number of nitrogens with zero attached hydrogens (tertiary/aromatic N) is 4. The van der Waals surface area contributed by atoms with E-state index in [1.54, 1.807) is 17.2 Å². The molecule has 1 aliphatic heterocycles. The highest BCUT2D eigenvalue weighted by Crippen LogP contribution is 2.35. The van der Waals surface area contributed by atoms with E-state index < -0.39 is 11.6 Å². The van der Waals surface area contributed by atoms with Gasteiger partial charge in [0.1, 0.15) is 17.3 Å². The average Bonchev–Trinajstić information content (AvgIpc) is 3.16. The Labute approximate surface area is 161 Å². The zero-order valence-electron chi connectivity index (χ0n) is 15.3. The molecule has 1 fully saturated rings. The van der Waals surface area contributed by atoms with E-state index in [0.717, 1.165) is 30.0 Å². The van der Waals surface area contributed by atoms with Crippen molar-refractivity contribution >= 4 is 5.91 Å². The summed E-state index contributed by atoms with van der Waals surface area (Å²) in [6, 6.07) is 5.03. The Morgan fingerprint density at radius 3 is 2.54 bits per heavy atom. The summed E-state index contributed by atoms with van der Waals surface area (Å²) in [5.74, 6) is -1.45. The van der Waals surface area contributed by atoms with E-state index >= 15 is 0 Å². The van der Waals surface area contributed by atoms with Gasteiger partial charge in [0.15, 0.2) is 0 Å². The second-order valence-corrected chi connectivity index (χ2v) is 6.83. The van der Waals surface area contributed by atoms with Crippen LogP contribution < -0.4 is 0 Å². The van der Waals surface area contributed by atoms with E-state index in [1.165, 1.54) is 30.7 Å². The van der Waals surface area contributed by atoms with Crippen LogP contribution in [0.15, 0.2) is 49.1 Å². The summed E-state index contributed by atoms with van der Waals surface area (Å²) in [6.07, 6.45) is 7.89. The first-order valence-electron chi connectivity index (χ1n) is 9.03. The Morgan fingerprint density at radius 1 is 1.07 bits per heavy atom. The molecule has 1 unspecified atom stereocenters. The summed E-state index contributed by atoms with van der Waals surface area (Å²) in [5, 5.41) is 0. The van der Waals surface area contributed by atoms with Crippen LogP contribution in [-0.2, 0) is 0 Å². The standard InChI is InChI=1S/C21H18F2N4O/c1-13-7-18(14-8-15(22)10-16(23)9-14)26-11-17(13)20-3-2-6-27(20)21(28)19-12-24-4-5-25-19/h4-5,7-12,20H,2-3,6H2,1H3. The zero-order valence-corrected chi connectivity index (χ0v) is 15.3. The molecule has 1 amide bonds. The molecule has 1 aromatic carbocycles. The molecule has 0 bridgehead atoms. The van der Waals surface area contributed by atoms with Crippen molar-refractivity contribution in [3.8, 4) is 11.3 Å². The third-order valence-electron chi connectivity index (χ3n) is 4.96. The third kappa shape index (κ3) is 3.47. The molecule has 0 radical (unpaired) electrons. The summed E-state index contributed by atoms with van der Waals surface area (Å²) < 4.78 is 27.0. The molecular formula is C21H18F2N4O. The van der Waals surface area contributed by atoms with Crippen molar-refractivity contribution < 1.29 is 13.6 Å². The minimum absolute atomic E-state index is 0.111. The molecule has 5 nitrogen and oxygen atoms in total. The Balaban J connectivity index is 1.64. The highest BCUT2D eigenvalue weighted by molar-refractivity contribution is 5.92. The largest absolute Gasteiger partial charge is 0.330 e. The van der Waals surface area contributed by atoms with Gasteiger partial charge in [-0.2, -0.15) is 0 Å². The number of aromatic nitrogens is 3. The second-order valence-electron chi connectivity index (χ2n) is 6.83. The van der Waals surface area contributed by atoms with Crippen LogP contribution in [0.1, 0.15) is 40.5 Å². The Hall–Kier alpha value is -3.22. The SMILES string of the molecule is Cc1cc(-c2cc(F)cc(F)c2)ncc1C1CCCN1C(=O)c1cnccn1. The molecule has 1 saturated heterocycles. The van der Waals surface area contributed by atoms with Crippen LogP contribution in [-0.4, -0.2) is 32.3 Å². The van der Waals surface area contributed by atoms with Crippen LogP contribution in [0.5, 0.6) is 0 Å². The monoisotopic (exact) mass is 380 g/mol. The minimum Gasteiger partial charge on any atom is -0.330 e. The van der Waals surface area contributed by atoms with Crippen LogP contribution in [0.2, 0.25) is 0 Å². The predicted octanol–water partition coefficient (Wildman–Crippen LogP) is 4.10. The van der Waals surface area contributed by atoms with Crippen molar-refractivity contribution in [2.45, 2.75) is 25.8 Å². The summed E-state index contributed by atoms with van der Waals surface area (Å²) in [7, 11) is 0. The normalized spacial score (nSPS) is 16.4. The number of pyridine rings is 1. The van der Waals surface area contributed by atoms with Gasteiger partial charge in [0, 0.05) is 36.8 Å². The van der Waals surface area contributed by atoms with Gasteiger partial charge in [-0.3, -0.25) is 14.8 Å². The van der Waals surface area contributed by atoms with Gasteiger partial charge in [-0.25, -0.2) is 13.8 Å². The maximum Gasteiger partial charge on any atom is 0.274 e. The lowest BCUT2D eigenvalue weighted by Gasteiger charge is -2.26. The number of aryl methyl sites for hydroxylation is 1. The van der Waals surface area contributed by atoms with Gasteiger partial charge < -0.3 is 4.90 Å². The molecule has 142 valence electrons. The number of rotatable bonds is 3. The van der Waals surface area contributed by atoms with Crippen molar-refractivity contribution in [1.82, 2.24) is 19.9 Å². The summed E-state index contributed by atoms with van der Waals surface area (Å²) in [4.78, 5) is 27.1. The van der Waals surface area contributed by atoms with Gasteiger partial charge in [-0.1, -0.05) is 0 Å². The minimum atomic E-state index is -0.643. The van der Waals surface area contributed by atoms with Crippen molar-refractivity contribution in [2.24, 2.45) is 0 Å². The van der Waals surface area contributed by atoms with Gasteiger partial charge in [0.05, 0.1) is 17.9 Å². The summed E-state index contributed by atoms with van der Waals surface area (Å²) in [5.41, 5.74) is 3.02. The third-order valence-corrected chi connectivity index (χ3v) is 4.96. The second kappa shape index (κ2) is 7.42. The van der Waals surface area contributed by atoms with E-state index in [2.05, 4.69) is 15.0 Å². The first-order chi connectivity index (χ1) is 13.5. The quantitative estimate of drug-likeness (QED) is 0.686. The van der Waals surface area contributed by atoms with Crippen molar-refractivity contribution in [2.75, 3.05) is 6.54 Å². The Morgan fingerprint density at radius 2 is 1.86 bits per heavy atom. The lowest BCUT2D eigenvalue weighted by atomic mass is 9.99. The van der Waals surface area contributed by atoms with E-state index in [-0.39, 0.29) is 11.9 Å². The molecule has 3 aromatic rings. The number of carbonyl (C=O) groups is 1. The molecule has 1 aliphatic rings. The molecule has 28 heavy (non-hydrogen) atoms. The molecule has 0 aliphatic carbocycles. The molecule has 3 heterocycles. The highest BCUT2D eigenvalue weighted by atomic mass is 19.1. The maximum atomic E-state index is 13.5. The Bertz CT molecular complexity index is 1010. The van der Waals surface area contributed by atoms with E-state index in [0.29, 0.717) is 23.5 Å². The van der Waals surface area contributed by atoms with Gasteiger partial charge in [0.2, 0.25) is 0 Å². The number of benzene rings is 1. The van der Waals surface area contributed by atoms with Gasteiger partial charge >= 0.3 is 0 Å². The predicted molar refractivity (Wildman–Crippen MR) is 99.4 cm³/mol. The lowest BCUT2D eigenvalue weighted by molar-refractivity contribution is 0.0728. The molecule has 1 atom stereocenters.